The van der Waals surface area contributed by atoms with Gasteiger partial charge in [-0.25, -0.2) is 4.98 Å². The van der Waals surface area contributed by atoms with E-state index in [1.807, 2.05) is 12.1 Å². The fourth-order valence-corrected chi connectivity index (χ4v) is 2.41. The van der Waals surface area contributed by atoms with Crippen LogP contribution in [-0.4, -0.2) is 4.98 Å². The van der Waals surface area contributed by atoms with E-state index in [9.17, 15) is 0 Å². The van der Waals surface area contributed by atoms with Gasteiger partial charge in [-0.1, -0.05) is 67.9 Å². The molecule has 2 rings (SSSR count). The summed E-state index contributed by atoms with van der Waals surface area (Å²) in [5, 5.41) is 0.641. The lowest BCUT2D eigenvalue weighted by molar-refractivity contribution is 0.590. The Hall–Kier alpha value is -1.01. The summed E-state index contributed by atoms with van der Waals surface area (Å²) in [6.45, 7) is 6.55. The maximum Gasteiger partial charge on any atom is 0.146 e. The Bertz CT molecular complexity index is 719. The van der Waals surface area contributed by atoms with Gasteiger partial charge in [0.2, 0.25) is 0 Å². The number of aromatic nitrogens is 1. The van der Waals surface area contributed by atoms with Gasteiger partial charge in [-0.3, -0.25) is 0 Å². The van der Waals surface area contributed by atoms with E-state index < -0.39 is 0 Å². The highest BCUT2D eigenvalue weighted by molar-refractivity contribution is 9.10. The van der Waals surface area contributed by atoms with E-state index in [1.165, 1.54) is 5.56 Å². The second kappa shape index (κ2) is 6.40. The number of rotatable bonds is 0. The first-order valence-electron chi connectivity index (χ1n) is 6.41. The van der Waals surface area contributed by atoms with Gasteiger partial charge in [0.1, 0.15) is 10.3 Å². The molecule has 0 bridgehead atoms. The molecule has 0 spiro atoms. The summed E-state index contributed by atoms with van der Waals surface area (Å²) in [7, 11) is 0. The average Bonchev–Trinajstić information content (AvgIpc) is 2.41. The molecule has 21 heavy (non-hydrogen) atoms. The van der Waals surface area contributed by atoms with Crippen LogP contribution in [0.3, 0.4) is 0 Å². The van der Waals surface area contributed by atoms with Gasteiger partial charge < -0.3 is 0 Å². The molecule has 0 saturated carbocycles. The third-order valence-electron chi connectivity index (χ3n) is 2.98. The Morgan fingerprint density at radius 2 is 1.62 bits per heavy atom. The number of hydrogen-bond donors (Lipinski definition) is 0. The first-order chi connectivity index (χ1) is 9.77. The van der Waals surface area contributed by atoms with E-state index in [4.69, 9.17) is 23.2 Å². The smallest absolute Gasteiger partial charge is 0.146 e. The van der Waals surface area contributed by atoms with Crippen LogP contribution in [0.1, 0.15) is 37.5 Å². The molecule has 2 aromatic rings. The van der Waals surface area contributed by atoms with Gasteiger partial charge >= 0.3 is 0 Å². The van der Waals surface area contributed by atoms with Crippen molar-refractivity contribution in [3.8, 4) is 11.8 Å². The summed E-state index contributed by atoms with van der Waals surface area (Å²) in [5.41, 5.74) is 3.00. The van der Waals surface area contributed by atoms with E-state index >= 15 is 0 Å². The molecule has 0 radical (unpaired) electrons. The standard InChI is InChI=1S/C17H14BrCl2N/c1-17(2,3)13-8-5-11(6-9-13)4-7-12-10-14(18)16(20)21-15(12)19/h5-6,8-10H,1-3H3. The normalized spacial score (nSPS) is 11.0. The predicted molar refractivity (Wildman–Crippen MR) is 93.1 cm³/mol. The Morgan fingerprint density at radius 1 is 1.00 bits per heavy atom. The molecular formula is C17H14BrCl2N. The molecule has 0 aliphatic rings. The lowest BCUT2D eigenvalue weighted by atomic mass is 9.87. The molecule has 0 aliphatic carbocycles. The number of pyridine rings is 1. The van der Waals surface area contributed by atoms with Crippen LogP contribution in [0.5, 0.6) is 0 Å². The molecule has 108 valence electrons. The molecule has 0 amide bonds. The fraction of sp³-hybridized carbons (Fsp3) is 0.235. The second-order valence-electron chi connectivity index (χ2n) is 5.68. The van der Waals surface area contributed by atoms with Gasteiger partial charge in [-0.15, -0.1) is 0 Å². The van der Waals surface area contributed by atoms with Crippen LogP contribution in [0.4, 0.5) is 0 Å². The molecule has 0 N–H and O–H groups in total. The van der Waals surface area contributed by atoms with Crippen LogP contribution in [0, 0.1) is 11.8 Å². The van der Waals surface area contributed by atoms with Crippen LogP contribution in [-0.2, 0) is 5.41 Å². The van der Waals surface area contributed by atoms with Gasteiger partial charge in [0, 0.05) is 5.56 Å². The first-order valence-corrected chi connectivity index (χ1v) is 7.96. The van der Waals surface area contributed by atoms with Crippen molar-refractivity contribution >= 4 is 39.1 Å². The van der Waals surface area contributed by atoms with Crippen molar-refractivity contribution in [2.45, 2.75) is 26.2 Å². The van der Waals surface area contributed by atoms with Crippen molar-refractivity contribution in [2.75, 3.05) is 0 Å². The third kappa shape index (κ3) is 4.23. The Balaban J connectivity index is 2.30. The van der Waals surface area contributed by atoms with Gasteiger partial charge in [0.05, 0.1) is 10.0 Å². The third-order valence-corrected chi connectivity index (χ3v) is 4.39. The van der Waals surface area contributed by atoms with Crippen molar-refractivity contribution < 1.29 is 0 Å². The minimum Gasteiger partial charge on any atom is -0.222 e. The summed E-state index contributed by atoms with van der Waals surface area (Å²) < 4.78 is 0.681. The Morgan fingerprint density at radius 3 is 2.19 bits per heavy atom. The zero-order valence-electron chi connectivity index (χ0n) is 12.0. The van der Waals surface area contributed by atoms with Crippen LogP contribution in [0.15, 0.2) is 34.8 Å². The van der Waals surface area contributed by atoms with Gasteiger partial charge in [-0.2, -0.15) is 0 Å². The van der Waals surface area contributed by atoms with Crippen molar-refractivity contribution in [1.82, 2.24) is 4.98 Å². The zero-order valence-corrected chi connectivity index (χ0v) is 15.1. The van der Waals surface area contributed by atoms with Crippen LogP contribution in [0.25, 0.3) is 0 Å². The maximum absolute atomic E-state index is 6.03. The van der Waals surface area contributed by atoms with Crippen molar-refractivity contribution in [3.05, 3.63) is 61.8 Å². The summed E-state index contributed by atoms with van der Waals surface area (Å²) in [6, 6.07) is 10.00. The van der Waals surface area contributed by atoms with E-state index in [0.717, 1.165) is 5.56 Å². The van der Waals surface area contributed by atoms with E-state index in [2.05, 4.69) is 65.7 Å². The highest BCUT2D eigenvalue weighted by Gasteiger charge is 2.12. The quantitative estimate of drug-likeness (QED) is 0.411. The number of halogens is 3. The molecule has 1 aromatic carbocycles. The Labute approximate surface area is 143 Å². The molecule has 0 fully saturated rings. The van der Waals surface area contributed by atoms with E-state index in [-0.39, 0.29) is 5.41 Å². The molecule has 1 nitrogen and oxygen atoms in total. The van der Waals surface area contributed by atoms with Crippen molar-refractivity contribution in [2.24, 2.45) is 0 Å². The zero-order chi connectivity index (χ0) is 15.6. The van der Waals surface area contributed by atoms with Crippen LogP contribution < -0.4 is 0 Å². The minimum absolute atomic E-state index is 0.139. The number of hydrogen-bond acceptors (Lipinski definition) is 1. The minimum atomic E-state index is 0.139. The maximum atomic E-state index is 6.03. The molecule has 1 aromatic heterocycles. The van der Waals surface area contributed by atoms with Gasteiger partial charge in [0.25, 0.3) is 0 Å². The summed E-state index contributed by atoms with van der Waals surface area (Å²) in [6.07, 6.45) is 0. The molecule has 4 heteroatoms. The monoisotopic (exact) mass is 381 g/mol. The van der Waals surface area contributed by atoms with Gasteiger partial charge in [-0.05, 0) is 45.1 Å². The molecule has 0 atom stereocenters. The van der Waals surface area contributed by atoms with Crippen LogP contribution in [0.2, 0.25) is 10.3 Å². The van der Waals surface area contributed by atoms with E-state index in [1.54, 1.807) is 6.07 Å². The van der Waals surface area contributed by atoms with Crippen molar-refractivity contribution in [3.63, 3.8) is 0 Å². The van der Waals surface area contributed by atoms with Crippen molar-refractivity contribution in [1.29, 1.82) is 0 Å². The van der Waals surface area contributed by atoms with Gasteiger partial charge in [0.15, 0.2) is 0 Å². The molecule has 1 heterocycles. The Kier molecular flexibility index (Phi) is 4.99. The lowest BCUT2D eigenvalue weighted by Gasteiger charge is -2.18. The largest absolute Gasteiger partial charge is 0.222 e. The summed E-state index contributed by atoms with van der Waals surface area (Å²) >= 11 is 15.2. The molecule has 0 saturated heterocycles. The predicted octanol–water partition coefficient (Wildman–Crippen LogP) is 5.85. The molecule has 0 unspecified atom stereocenters. The highest BCUT2D eigenvalue weighted by atomic mass is 79.9. The first kappa shape index (κ1) is 16.4. The average molecular weight is 383 g/mol. The SMILES string of the molecule is CC(C)(C)c1ccc(C#Cc2cc(Br)c(Cl)nc2Cl)cc1. The van der Waals surface area contributed by atoms with Crippen LogP contribution >= 0.6 is 39.1 Å². The number of benzene rings is 1. The summed E-state index contributed by atoms with van der Waals surface area (Å²) in [5.74, 6) is 6.11. The highest BCUT2D eigenvalue weighted by Crippen LogP contribution is 2.25. The molecular weight excluding hydrogens is 369 g/mol. The summed E-state index contributed by atoms with van der Waals surface area (Å²) in [4.78, 5) is 4.01. The second-order valence-corrected chi connectivity index (χ2v) is 7.25. The fourth-order valence-electron chi connectivity index (χ4n) is 1.73. The number of nitrogens with zero attached hydrogens (tertiary/aromatic N) is 1. The molecule has 0 aliphatic heterocycles. The topological polar surface area (TPSA) is 12.9 Å². The lowest BCUT2D eigenvalue weighted by Crippen LogP contribution is -2.10. The van der Waals surface area contributed by atoms with E-state index in [0.29, 0.717) is 20.3 Å².